The van der Waals surface area contributed by atoms with Crippen LogP contribution in [0, 0.1) is 0 Å². The number of nitrogens with two attached hydrogens (primary N) is 1. The van der Waals surface area contributed by atoms with Gasteiger partial charge in [-0.3, -0.25) is 4.79 Å². The number of thioether (sulfide) groups is 1. The smallest absolute Gasteiger partial charge is 0.242 e. The molecule has 3 nitrogen and oxygen atoms in total. The van der Waals surface area contributed by atoms with E-state index in [0.29, 0.717) is 5.25 Å². The molecule has 2 N–H and O–H groups in total. The van der Waals surface area contributed by atoms with Gasteiger partial charge in [0, 0.05) is 24.1 Å². The fourth-order valence-corrected chi connectivity index (χ4v) is 2.51. The van der Waals surface area contributed by atoms with Gasteiger partial charge in [0.2, 0.25) is 5.91 Å². The highest BCUT2D eigenvalue weighted by molar-refractivity contribution is 7.99. The van der Waals surface area contributed by atoms with Gasteiger partial charge < -0.3 is 10.6 Å². The van der Waals surface area contributed by atoms with Crippen LogP contribution in [0.3, 0.4) is 0 Å². The zero-order valence-corrected chi connectivity index (χ0v) is 10.1. The van der Waals surface area contributed by atoms with E-state index in [1.54, 1.807) is 13.8 Å². The van der Waals surface area contributed by atoms with E-state index in [4.69, 9.17) is 5.73 Å². The standard InChI is InChI=1S/C10H20N2OS/c1-8-4-5-12(6-7-14-8)9(13)10(2,3)11/h8H,4-7,11H2,1-3H3. The second-order valence-corrected chi connectivity index (χ2v) is 6.03. The Labute approximate surface area is 90.4 Å². The molecule has 14 heavy (non-hydrogen) atoms. The van der Waals surface area contributed by atoms with Crippen molar-refractivity contribution in [3.8, 4) is 0 Å². The zero-order valence-electron chi connectivity index (χ0n) is 9.25. The fraction of sp³-hybridized carbons (Fsp3) is 0.900. The monoisotopic (exact) mass is 216 g/mol. The Bertz CT molecular complexity index is 213. The first kappa shape index (κ1) is 11.9. The molecule has 0 aromatic carbocycles. The molecule has 1 aliphatic heterocycles. The normalized spacial score (nSPS) is 24.6. The van der Waals surface area contributed by atoms with Gasteiger partial charge in [-0.25, -0.2) is 0 Å². The third-order valence-electron chi connectivity index (χ3n) is 2.41. The molecular formula is C10H20N2OS. The SMILES string of the molecule is CC1CCN(C(=O)C(C)(C)N)CCS1. The molecule has 1 heterocycles. The van der Waals surface area contributed by atoms with E-state index < -0.39 is 5.54 Å². The summed E-state index contributed by atoms with van der Waals surface area (Å²) in [5.41, 5.74) is 5.07. The van der Waals surface area contributed by atoms with Crippen LogP contribution in [0.5, 0.6) is 0 Å². The van der Waals surface area contributed by atoms with Gasteiger partial charge in [-0.15, -0.1) is 0 Å². The second-order valence-electron chi connectivity index (χ2n) is 4.48. The maximum atomic E-state index is 11.9. The molecule has 0 spiro atoms. The maximum absolute atomic E-state index is 11.9. The topological polar surface area (TPSA) is 46.3 Å². The van der Waals surface area contributed by atoms with Crippen LogP contribution in [-0.2, 0) is 4.79 Å². The highest BCUT2D eigenvalue weighted by Gasteiger charge is 2.28. The predicted molar refractivity (Wildman–Crippen MR) is 61.4 cm³/mol. The molecule has 0 aliphatic carbocycles. The third-order valence-corrected chi connectivity index (χ3v) is 3.63. The van der Waals surface area contributed by atoms with Gasteiger partial charge in [-0.05, 0) is 20.3 Å². The van der Waals surface area contributed by atoms with Crippen LogP contribution < -0.4 is 5.73 Å². The van der Waals surface area contributed by atoms with Gasteiger partial charge in [0.15, 0.2) is 0 Å². The van der Waals surface area contributed by atoms with E-state index in [9.17, 15) is 4.79 Å². The average molecular weight is 216 g/mol. The largest absolute Gasteiger partial charge is 0.340 e. The van der Waals surface area contributed by atoms with Crippen LogP contribution in [0.4, 0.5) is 0 Å². The molecular weight excluding hydrogens is 196 g/mol. The Morgan fingerprint density at radius 3 is 2.71 bits per heavy atom. The van der Waals surface area contributed by atoms with E-state index in [2.05, 4.69) is 6.92 Å². The molecule has 1 atom stereocenters. The Hall–Kier alpha value is -0.220. The van der Waals surface area contributed by atoms with E-state index in [1.165, 1.54) is 0 Å². The van der Waals surface area contributed by atoms with Gasteiger partial charge in [-0.1, -0.05) is 6.92 Å². The van der Waals surface area contributed by atoms with Crippen molar-refractivity contribution in [3.05, 3.63) is 0 Å². The molecule has 0 saturated carbocycles. The summed E-state index contributed by atoms with van der Waals surface area (Å²) in [6.07, 6.45) is 1.08. The summed E-state index contributed by atoms with van der Waals surface area (Å²) in [5, 5.41) is 0.661. The lowest BCUT2D eigenvalue weighted by Gasteiger charge is -2.27. The molecule has 1 rings (SSSR count). The van der Waals surface area contributed by atoms with Crippen molar-refractivity contribution < 1.29 is 4.79 Å². The van der Waals surface area contributed by atoms with Crippen molar-refractivity contribution in [1.82, 2.24) is 4.90 Å². The minimum absolute atomic E-state index is 0.0761. The van der Waals surface area contributed by atoms with E-state index in [1.807, 2.05) is 16.7 Å². The minimum atomic E-state index is -0.724. The Morgan fingerprint density at radius 1 is 1.50 bits per heavy atom. The van der Waals surface area contributed by atoms with Gasteiger partial charge >= 0.3 is 0 Å². The molecule has 0 radical (unpaired) electrons. The van der Waals surface area contributed by atoms with Crippen LogP contribution >= 0.6 is 11.8 Å². The van der Waals surface area contributed by atoms with E-state index in [0.717, 1.165) is 25.3 Å². The number of hydrogen-bond acceptors (Lipinski definition) is 3. The lowest BCUT2D eigenvalue weighted by molar-refractivity contribution is -0.135. The summed E-state index contributed by atoms with van der Waals surface area (Å²) in [7, 11) is 0. The average Bonchev–Trinajstić information content (AvgIpc) is 2.27. The van der Waals surface area contributed by atoms with Crippen molar-refractivity contribution in [1.29, 1.82) is 0 Å². The van der Waals surface area contributed by atoms with Gasteiger partial charge in [0.25, 0.3) is 0 Å². The van der Waals surface area contributed by atoms with Crippen molar-refractivity contribution >= 4 is 17.7 Å². The van der Waals surface area contributed by atoms with Crippen molar-refractivity contribution in [3.63, 3.8) is 0 Å². The van der Waals surface area contributed by atoms with Crippen LogP contribution in [0.25, 0.3) is 0 Å². The number of rotatable bonds is 1. The number of carbonyl (C=O) groups excluding carboxylic acids is 1. The zero-order chi connectivity index (χ0) is 10.8. The number of amides is 1. The highest BCUT2D eigenvalue weighted by atomic mass is 32.2. The summed E-state index contributed by atoms with van der Waals surface area (Å²) in [5.74, 6) is 1.11. The molecule has 0 aromatic heterocycles. The first-order valence-corrected chi connectivity index (χ1v) is 6.16. The first-order chi connectivity index (χ1) is 6.41. The summed E-state index contributed by atoms with van der Waals surface area (Å²) < 4.78 is 0. The summed E-state index contributed by atoms with van der Waals surface area (Å²) in [6.45, 7) is 7.46. The van der Waals surface area contributed by atoms with Crippen LogP contribution in [0.1, 0.15) is 27.2 Å². The van der Waals surface area contributed by atoms with Gasteiger partial charge in [0.1, 0.15) is 0 Å². The van der Waals surface area contributed by atoms with E-state index in [-0.39, 0.29) is 5.91 Å². The van der Waals surface area contributed by atoms with Gasteiger partial charge in [-0.2, -0.15) is 11.8 Å². The van der Waals surface area contributed by atoms with Crippen molar-refractivity contribution in [2.75, 3.05) is 18.8 Å². The lowest BCUT2D eigenvalue weighted by Crippen LogP contribution is -2.51. The molecule has 4 heteroatoms. The molecule has 1 unspecified atom stereocenters. The van der Waals surface area contributed by atoms with Gasteiger partial charge in [0.05, 0.1) is 5.54 Å². The molecule has 1 fully saturated rings. The summed E-state index contributed by atoms with van der Waals surface area (Å²) >= 11 is 1.94. The Kier molecular flexibility index (Phi) is 3.84. The molecule has 0 bridgehead atoms. The summed E-state index contributed by atoms with van der Waals surface area (Å²) in [6, 6.07) is 0. The number of nitrogens with zero attached hydrogens (tertiary/aromatic N) is 1. The molecule has 1 saturated heterocycles. The van der Waals surface area contributed by atoms with Crippen molar-refractivity contribution in [2.24, 2.45) is 5.73 Å². The molecule has 82 valence electrons. The Balaban J connectivity index is 2.56. The number of hydrogen-bond donors (Lipinski definition) is 1. The second kappa shape index (κ2) is 4.53. The maximum Gasteiger partial charge on any atom is 0.242 e. The van der Waals surface area contributed by atoms with Crippen molar-refractivity contribution in [2.45, 2.75) is 38.0 Å². The minimum Gasteiger partial charge on any atom is -0.340 e. The predicted octanol–water partition coefficient (Wildman–Crippen LogP) is 1.08. The van der Waals surface area contributed by atoms with Crippen LogP contribution in [-0.4, -0.2) is 40.4 Å². The molecule has 1 amide bonds. The lowest BCUT2D eigenvalue weighted by atomic mass is 10.1. The number of carbonyl (C=O) groups is 1. The molecule has 1 aliphatic rings. The fourth-order valence-electron chi connectivity index (χ4n) is 1.51. The third kappa shape index (κ3) is 3.17. The molecule has 0 aromatic rings. The Morgan fingerprint density at radius 2 is 2.14 bits per heavy atom. The quantitative estimate of drug-likeness (QED) is 0.713. The highest BCUT2D eigenvalue weighted by Crippen LogP contribution is 2.19. The van der Waals surface area contributed by atoms with Crippen LogP contribution in [0.15, 0.2) is 0 Å². The van der Waals surface area contributed by atoms with E-state index >= 15 is 0 Å². The summed E-state index contributed by atoms with van der Waals surface area (Å²) in [4.78, 5) is 13.8. The first-order valence-electron chi connectivity index (χ1n) is 5.11. The van der Waals surface area contributed by atoms with Crippen LogP contribution in [0.2, 0.25) is 0 Å².